The van der Waals surface area contributed by atoms with Gasteiger partial charge >= 0.3 is 12.3 Å². The van der Waals surface area contributed by atoms with Crippen molar-refractivity contribution >= 4 is 11.8 Å². The maximum Gasteiger partial charge on any atom is 0.416 e. The highest BCUT2D eigenvalue weighted by Gasteiger charge is 2.36. The van der Waals surface area contributed by atoms with E-state index in [9.17, 15) is 23.1 Å². The van der Waals surface area contributed by atoms with Gasteiger partial charge < -0.3 is 14.6 Å². The number of nitrogens with zero attached hydrogens (tertiary/aromatic N) is 1. The number of aliphatic hydroxyl groups is 1. The van der Waals surface area contributed by atoms with E-state index in [4.69, 9.17) is 9.47 Å². The molecule has 0 saturated heterocycles. The molecule has 0 fully saturated rings. The first-order valence-corrected chi connectivity index (χ1v) is 7.00. The van der Waals surface area contributed by atoms with Crippen LogP contribution in [0.4, 0.5) is 23.7 Å². The standard InChI is InChI=1S/C15H18F3NO4/c1-14(2,3)23-13(21)19-7-10(8-20)22-12-5-4-9(6-11(12)19)15(16,17)18/h4-6,10,20H,7-8H2,1-3H3. The number of benzene rings is 1. The summed E-state index contributed by atoms with van der Waals surface area (Å²) in [5.74, 6) is 0.0918. The van der Waals surface area contributed by atoms with Crippen LogP contribution in [0, 0.1) is 0 Å². The van der Waals surface area contributed by atoms with E-state index in [0.717, 1.165) is 23.1 Å². The summed E-state index contributed by atoms with van der Waals surface area (Å²) in [4.78, 5) is 13.3. The Labute approximate surface area is 131 Å². The molecule has 1 aromatic carbocycles. The average molecular weight is 333 g/mol. The maximum absolute atomic E-state index is 12.9. The van der Waals surface area contributed by atoms with Crippen molar-refractivity contribution in [3.63, 3.8) is 0 Å². The van der Waals surface area contributed by atoms with Gasteiger partial charge in [-0.2, -0.15) is 13.2 Å². The normalized spacial score (nSPS) is 18.2. The second-order valence-corrected chi connectivity index (χ2v) is 6.19. The molecule has 0 bridgehead atoms. The molecule has 1 unspecified atom stereocenters. The van der Waals surface area contributed by atoms with E-state index in [0.29, 0.717) is 0 Å². The molecule has 1 aliphatic heterocycles. The Morgan fingerprint density at radius 2 is 2.04 bits per heavy atom. The number of aliphatic hydroxyl groups excluding tert-OH is 1. The fourth-order valence-corrected chi connectivity index (χ4v) is 2.11. The van der Waals surface area contributed by atoms with Gasteiger partial charge in [0.25, 0.3) is 0 Å². The van der Waals surface area contributed by atoms with Crippen LogP contribution in [0.5, 0.6) is 5.75 Å². The number of alkyl halides is 3. The lowest BCUT2D eigenvalue weighted by molar-refractivity contribution is -0.137. The lowest BCUT2D eigenvalue weighted by atomic mass is 10.1. The van der Waals surface area contributed by atoms with Crippen LogP contribution in [0.2, 0.25) is 0 Å². The van der Waals surface area contributed by atoms with Gasteiger partial charge in [-0.3, -0.25) is 4.90 Å². The van der Waals surface area contributed by atoms with Crippen molar-refractivity contribution in [3.05, 3.63) is 23.8 Å². The van der Waals surface area contributed by atoms with E-state index in [-0.39, 0.29) is 24.6 Å². The number of fused-ring (bicyclic) bond motifs is 1. The molecule has 1 aliphatic rings. The molecule has 1 aromatic rings. The van der Waals surface area contributed by atoms with Gasteiger partial charge in [-0.1, -0.05) is 0 Å². The van der Waals surface area contributed by atoms with Crippen LogP contribution in [0.25, 0.3) is 0 Å². The quantitative estimate of drug-likeness (QED) is 0.857. The molecule has 1 atom stereocenters. The number of rotatable bonds is 1. The number of anilines is 1. The highest BCUT2D eigenvalue weighted by atomic mass is 19.4. The summed E-state index contributed by atoms with van der Waals surface area (Å²) < 4.78 is 49.3. The van der Waals surface area contributed by atoms with Gasteiger partial charge in [0, 0.05) is 0 Å². The zero-order valence-electron chi connectivity index (χ0n) is 13.0. The van der Waals surface area contributed by atoms with Crippen molar-refractivity contribution in [2.45, 2.75) is 38.7 Å². The lowest BCUT2D eigenvalue weighted by Crippen LogP contribution is -2.47. The monoisotopic (exact) mass is 333 g/mol. The number of carbonyl (C=O) groups excluding carboxylic acids is 1. The van der Waals surface area contributed by atoms with Gasteiger partial charge in [0.05, 0.1) is 24.4 Å². The smallest absolute Gasteiger partial charge is 0.416 e. The van der Waals surface area contributed by atoms with Crippen molar-refractivity contribution in [3.8, 4) is 5.75 Å². The van der Waals surface area contributed by atoms with E-state index in [1.54, 1.807) is 20.8 Å². The molecule has 0 radical (unpaired) electrons. The second kappa shape index (κ2) is 5.92. The van der Waals surface area contributed by atoms with Gasteiger partial charge in [0.2, 0.25) is 0 Å². The van der Waals surface area contributed by atoms with Crippen molar-refractivity contribution in [2.75, 3.05) is 18.1 Å². The fourth-order valence-electron chi connectivity index (χ4n) is 2.11. The van der Waals surface area contributed by atoms with Crippen LogP contribution in [0.3, 0.4) is 0 Å². The summed E-state index contributed by atoms with van der Waals surface area (Å²) in [5.41, 5.74) is -1.72. The van der Waals surface area contributed by atoms with Crippen molar-refractivity contribution in [1.82, 2.24) is 0 Å². The number of hydrogen-bond acceptors (Lipinski definition) is 4. The van der Waals surface area contributed by atoms with Crippen LogP contribution >= 0.6 is 0 Å². The summed E-state index contributed by atoms with van der Waals surface area (Å²) in [7, 11) is 0. The van der Waals surface area contributed by atoms with Gasteiger partial charge in [0.1, 0.15) is 17.5 Å². The fraction of sp³-hybridized carbons (Fsp3) is 0.533. The van der Waals surface area contributed by atoms with E-state index in [2.05, 4.69) is 0 Å². The lowest BCUT2D eigenvalue weighted by Gasteiger charge is -2.35. The van der Waals surface area contributed by atoms with Crippen molar-refractivity contribution in [1.29, 1.82) is 0 Å². The maximum atomic E-state index is 12.9. The number of halogens is 3. The van der Waals surface area contributed by atoms with Crippen molar-refractivity contribution < 1.29 is 32.5 Å². The molecule has 128 valence electrons. The first kappa shape index (κ1) is 17.4. The predicted octanol–water partition coefficient (Wildman–Crippen LogP) is 3.20. The van der Waals surface area contributed by atoms with E-state index in [1.165, 1.54) is 0 Å². The molecule has 0 saturated carbocycles. The molecule has 23 heavy (non-hydrogen) atoms. The van der Waals surface area contributed by atoms with Crippen LogP contribution in [0.1, 0.15) is 26.3 Å². The largest absolute Gasteiger partial charge is 0.484 e. The number of carbonyl (C=O) groups is 1. The first-order chi connectivity index (χ1) is 10.5. The van der Waals surface area contributed by atoms with Crippen LogP contribution in [-0.2, 0) is 10.9 Å². The molecule has 5 nitrogen and oxygen atoms in total. The van der Waals surface area contributed by atoms with E-state index in [1.807, 2.05) is 0 Å². The number of amides is 1. The molecule has 2 rings (SSSR count). The second-order valence-electron chi connectivity index (χ2n) is 6.19. The minimum Gasteiger partial charge on any atom is -0.484 e. The van der Waals surface area contributed by atoms with Crippen molar-refractivity contribution in [2.24, 2.45) is 0 Å². The topological polar surface area (TPSA) is 59.0 Å². The molecule has 8 heteroatoms. The van der Waals surface area contributed by atoms with Crippen LogP contribution < -0.4 is 9.64 Å². The molecule has 0 aromatic heterocycles. The Hall–Kier alpha value is -1.96. The third kappa shape index (κ3) is 4.07. The van der Waals surface area contributed by atoms with Gasteiger partial charge in [-0.05, 0) is 39.0 Å². The Balaban J connectivity index is 2.42. The highest BCUT2D eigenvalue weighted by Crippen LogP contribution is 2.39. The minimum absolute atomic E-state index is 0.0289. The summed E-state index contributed by atoms with van der Waals surface area (Å²) in [6.45, 7) is 4.49. The Morgan fingerprint density at radius 3 is 2.57 bits per heavy atom. The zero-order chi connectivity index (χ0) is 17.4. The summed E-state index contributed by atoms with van der Waals surface area (Å²) in [6.07, 6.45) is -6.06. The predicted molar refractivity (Wildman–Crippen MR) is 76.5 cm³/mol. The molecule has 1 N–H and O–H groups in total. The molecular formula is C15H18F3NO4. The van der Waals surface area contributed by atoms with E-state index < -0.39 is 29.5 Å². The van der Waals surface area contributed by atoms with Gasteiger partial charge in [0.15, 0.2) is 0 Å². The van der Waals surface area contributed by atoms with Gasteiger partial charge in [-0.25, -0.2) is 4.79 Å². The third-order valence-electron chi connectivity index (χ3n) is 3.07. The molecular weight excluding hydrogens is 315 g/mol. The SMILES string of the molecule is CC(C)(C)OC(=O)N1CC(CO)Oc2ccc(C(F)(F)F)cc21. The number of ether oxygens (including phenoxy) is 2. The van der Waals surface area contributed by atoms with Crippen LogP contribution in [-0.4, -0.2) is 36.1 Å². The minimum atomic E-state index is -4.54. The van der Waals surface area contributed by atoms with Crippen LogP contribution in [0.15, 0.2) is 18.2 Å². The Morgan fingerprint density at radius 1 is 1.39 bits per heavy atom. The summed E-state index contributed by atoms with van der Waals surface area (Å²) in [5, 5.41) is 9.25. The summed E-state index contributed by atoms with van der Waals surface area (Å²) in [6, 6.07) is 2.84. The first-order valence-electron chi connectivity index (χ1n) is 7.00. The Kier molecular flexibility index (Phi) is 4.48. The Bertz CT molecular complexity index is 595. The number of hydrogen-bond donors (Lipinski definition) is 1. The average Bonchev–Trinajstić information content (AvgIpc) is 2.42. The zero-order valence-corrected chi connectivity index (χ0v) is 13.0. The van der Waals surface area contributed by atoms with E-state index >= 15 is 0 Å². The third-order valence-corrected chi connectivity index (χ3v) is 3.07. The summed E-state index contributed by atoms with van der Waals surface area (Å²) >= 11 is 0. The molecule has 1 amide bonds. The molecule has 1 heterocycles. The highest BCUT2D eigenvalue weighted by molar-refractivity contribution is 5.90. The molecule has 0 aliphatic carbocycles. The van der Waals surface area contributed by atoms with Gasteiger partial charge in [-0.15, -0.1) is 0 Å². The molecule has 0 spiro atoms.